The minimum absolute atomic E-state index is 0.171. The van der Waals surface area contributed by atoms with Crippen LogP contribution < -0.4 is 10.0 Å². The van der Waals surface area contributed by atoms with Crippen molar-refractivity contribution in [3.8, 4) is 0 Å². The normalized spacial score (nSPS) is 11.7. The highest BCUT2D eigenvalue weighted by atomic mass is 32.2. The Morgan fingerprint density at radius 3 is 2.79 bits per heavy atom. The standard InChI is InChI=1S/C13H23N3O2S/c1-3-14-8-4-5-10-19(17,18)16-11-13-12(2)7-6-9-15-13/h6-7,9,14,16H,3-5,8,10-11H2,1-2H3. The van der Waals surface area contributed by atoms with Crippen molar-refractivity contribution in [2.45, 2.75) is 33.2 Å². The smallest absolute Gasteiger partial charge is 0.211 e. The molecule has 0 spiro atoms. The van der Waals surface area contributed by atoms with Crippen LogP contribution in [0, 0.1) is 6.92 Å². The van der Waals surface area contributed by atoms with Crippen molar-refractivity contribution in [2.24, 2.45) is 0 Å². The summed E-state index contributed by atoms with van der Waals surface area (Å²) in [6, 6.07) is 3.76. The molecule has 0 saturated carbocycles. The Morgan fingerprint density at radius 2 is 2.11 bits per heavy atom. The van der Waals surface area contributed by atoms with Crippen molar-refractivity contribution < 1.29 is 8.42 Å². The van der Waals surface area contributed by atoms with Gasteiger partial charge >= 0.3 is 0 Å². The predicted octanol–water partition coefficient (Wildman–Crippen LogP) is 1.20. The molecular weight excluding hydrogens is 262 g/mol. The van der Waals surface area contributed by atoms with E-state index in [0.717, 1.165) is 30.8 Å². The Labute approximate surface area is 115 Å². The first-order valence-electron chi connectivity index (χ1n) is 6.63. The summed E-state index contributed by atoms with van der Waals surface area (Å²) in [5.74, 6) is 0.171. The number of nitrogens with zero attached hydrogens (tertiary/aromatic N) is 1. The van der Waals surface area contributed by atoms with E-state index in [4.69, 9.17) is 0 Å². The van der Waals surface area contributed by atoms with Crippen LogP contribution in [-0.4, -0.2) is 32.2 Å². The average molecular weight is 285 g/mol. The summed E-state index contributed by atoms with van der Waals surface area (Å²) >= 11 is 0. The van der Waals surface area contributed by atoms with Gasteiger partial charge in [0.2, 0.25) is 10.0 Å². The molecule has 0 aromatic carbocycles. The highest BCUT2D eigenvalue weighted by molar-refractivity contribution is 7.89. The molecule has 0 bridgehead atoms. The van der Waals surface area contributed by atoms with Gasteiger partial charge < -0.3 is 5.32 Å². The summed E-state index contributed by atoms with van der Waals surface area (Å²) in [6.07, 6.45) is 3.22. The number of nitrogens with one attached hydrogen (secondary N) is 2. The quantitative estimate of drug-likeness (QED) is 0.669. The molecule has 0 amide bonds. The second-order valence-electron chi connectivity index (χ2n) is 4.47. The summed E-state index contributed by atoms with van der Waals surface area (Å²) in [4.78, 5) is 4.17. The van der Waals surface area contributed by atoms with Crippen LogP contribution in [0.4, 0.5) is 0 Å². The largest absolute Gasteiger partial charge is 0.317 e. The van der Waals surface area contributed by atoms with Gasteiger partial charge in [-0.2, -0.15) is 0 Å². The van der Waals surface area contributed by atoms with E-state index in [2.05, 4.69) is 15.0 Å². The molecule has 0 aliphatic rings. The van der Waals surface area contributed by atoms with Gasteiger partial charge in [-0.15, -0.1) is 0 Å². The molecule has 1 rings (SSSR count). The van der Waals surface area contributed by atoms with E-state index < -0.39 is 10.0 Å². The molecule has 0 atom stereocenters. The Balaban J connectivity index is 2.33. The van der Waals surface area contributed by atoms with Crippen LogP contribution in [0.2, 0.25) is 0 Å². The van der Waals surface area contributed by atoms with Crippen molar-refractivity contribution in [3.63, 3.8) is 0 Å². The van der Waals surface area contributed by atoms with Gasteiger partial charge in [0.05, 0.1) is 18.0 Å². The molecule has 2 N–H and O–H groups in total. The van der Waals surface area contributed by atoms with E-state index in [-0.39, 0.29) is 12.3 Å². The zero-order valence-corrected chi connectivity index (χ0v) is 12.5. The predicted molar refractivity (Wildman–Crippen MR) is 77.4 cm³/mol. The third-order valence-electron chi connectivity index (χ3n) is 2.84. The Hall–Kier alpha value is -0.980. The van der Waals surface area contributed by atoms with Gasteiger partial charge in [0.15, 0.2) is 0 Å². The van der Waals surface area contributed by atoms with Crippen molar-refractivity contribution in [2.75, 3.05) is 18.8 Å². The van der Waals surface area contributed by atoms with Crippen LogP contribution in [0.1, 0.15) is 31.0 Å². The Morgan fingerprint density at radius 1 is 1.32 bits per heavy atom. The summed E-state index contributed by atoms with van der Waals surface area (Å²) in [7, 11) is -3.20. The van der Waals surface area contributed by atoms with E-state index >= 15 is 0 Å². The molecule has 0 aliphatic heterocycles. The Bertz CT molecular complexity index is 475. The van der Waals surface area contributed by atoms with E-state index in [1.165, 1.54) is 0 Å². The minimum atomic E-state index is -3.20. The summed E-state index contributed by atoms with van der Waals surface area (Å²) in [5.41, 5.74) is 1.77. The molecule has 0 aliphatic carbocycles. The van der Waals surface area contributed by atoms with Crippen LogP contribution >= 0.6 is 0 Å². The van der Waals surface area contributed by atoms with Gasteiger partial charge in [-0.1, -0.05) is 13.0 Å². The minimum Gasteiger partial charge on any atom is -0.317 e. The van der Waals surface area contributed by atoms with E-state index in [1.54, 1.807) is 6.20 Å². The topological polar surface area (TPSA) is 71.1 Å². The fourth-order valence-electron chi connectivity index (χ4n) is 1.67. The van der Waals surface area contributed by atoms with Gasteiger partial charge in [-0.05, 0) is 44.5 Å². The maximum absolute atomic E-state index is 11.8. The molecule has 5 nitrogen and oxygen atoms in total. The van der Waals surface area contributed by atoms with Crippen LogP contribution in [0.25, 0.3) is 0 Å². The fraction of sp³-hybridized carbons (Fsp3) is 0.615. The van der Waals surface area contributed by atoms with E-state index in [0.29, 0.717) is 6.42 Å². The van der Waals surface area contributed by atoms with Crippen LogP contribution in [0.15, 0.2) is 18.3 Å². The molecular formula is C13H23N3O2S. The molecule has 0 unspecified atom stereocenters. The van der Waals surface area contributed by atoms with Gasteiger partial charge in [0, 0.05) is 6.20 Å². The molecule has 108 valence electrons. The first-order valence-corrected chi connectivity index (χ1v) is 8.29. The number of unbranched alkanes of at least 4 members (excludes halogenated alkanes) is 1. The number of hydrogen-bond acceptors (Lipinski definition) is 4. The van der Waals surface area contributed by atoms with Gasteiger partial charge in [0.25, 0.3) is 0 Å². The van der Waals surface area contributed by atoms with Gasteiger partial charge in [0.1, 0.15) is 0 Å². The Kier molecular flexibility index (Phi) is 6.97. The summed E-state index contributed by atoms with van der Waals surface area (Å²) < 4.78 is 26.2. The SMILES string of the molecule is CCNCCCCS(=O)(=O)NCc1ncccc1C. The van der Waals surface area contributed by atoms with Crippen molar-refractivity contribution in [1.29, 1.82) is 0 Å². The third kappa shape index (κ3) is 6.66. The van der Waals surface area contributed by atoms with Crippen molar-refractivity contribution in [3.05, 3.63) is 29.6 Å². The maximum Gasteiger partial charge on any atom is 0.211 e. The molecule has 6 heteroatoms. The second-order valence-corrected chi connectivity index (χ2v) is 6.39. The lowest BCUT2D eigenvalue weighted by Crippen LogP contribution is -2.27. The van der Waals surface area contributed by atoms with Gasteiger partial charge in [-0.25, -0.2) is 13.1 Å². The number of aryl methyl sites for hydroxylation is 1. The molecule has 19 heavy (non-hydrogen) atoms. The lowest BCUT2D eigenvalue weighted by molar-refractivity contribution is 0.573. The molecule has 1 aromatic heterocycles. The van der Waals surface area contributed by atoms with Crippen LogP contribution in [0.3, 0.4) is 0 Å². The van der Waals surface area contributed by atoms with E-state index in [9.17, 15) is 8.42 Å². The average Bonchev–Trinajstić information content (AvgIpc) is 2.37. The lowest BCUT2D eigenvalue weighted by Gasteiger charge is -2.08. The molecule has 0 fully saturated rings. The zero-order chi connectivity index (χ0) is 14.1. The maximum atomic E-state index is 11.8. The highest BCUT2D eigenvalue weighted by Gasteiger charge is 2.10. The number of pyridine rings is 1. The highest BCUT2D eigenvalue weighted by Crippen LogP contribution is 2.03. The van der Waals surface area contributed by atoms with Crippen LogP contribution in [0.5, 0.6) is 0 Å². The van der Waals surface area contributed by atoms with Gasteiger partial charge in [-0.3, -0.25) is 4.98 Å². The molecule has 0 saturated heterocycles. The fourth-order valence-corrected chi connectivity index (χ4v) is 2.76. The first-order chi connectivity index (χ1) is 9.05. The summed E-state index contributed by atoms with van der Waals surface area (Å²) in [6.45, 7) is 6.01. The number of hydrogen-bond donors (Lipinski definition) is 2. The monoisotopic (exact) mass is 285 g/mol. The molecule has 1 aromatic rings. The van der Waals surface area contributed by atoms with Crippen molar-refractivity contribution in [1.82, 2.24) is 15.0 Å². The van der Waals surface area contributed by atoms with E-state index in [1.807, 2.05) is 26.0 Å². The number of sulfonamides is 1. The first kappa shape index (κ1) is 16.1. The lowest BCUT2D eigenvalue weighted by atomic mass is 10.2. The zero-order valence-electron chi connectivity index (χ0n) is 11.6. The molecule has 1 heterocycles. The molecule has 0 radical (unpaired) electrons. The number of aromatic nitrogens is 1. The third-order valence-corrected chi connectivity index (χ3v) is 4.25. The van der Waals surface area contributed by atoms with Crippen LogP contribution in [-0.2, 0) is 16.6 Å². The van der Waals surface area contributed by atoms with Crippen molar-refractivity contribution >= 4 is 10.0 Å². The second kappa shape index (κ2) is 8.24. The number of rotatable bonds is 9. The summed E-state index contributed by atoms with van der Waals surface area (Å²) in [5, 5.41) is 3.17.